The maximum Gasteiger partial charge on any atom is 0.101 e. The molecule has 0 amide bonds. The number of ether oxygens (including phenoxy) is 2. The summed E-state index contributed by atoms with van der Waals surface area (Å²) in [4.78, 5) is 0. The molecule has 3 unspecified atom stereocenters. The molecule has 0 aromatic rings. The van der Waals surface area contributed by atoms with E-state index in [9.17, 15) is 0 Å². The Balaban J connectivity index is -0.000000308. The van der Waals surface area contributed by atoms with Crippen LogP contribution in [0, 0.1) is 49.7 Å². The molecule has 2 fully saturated rings. The first-order valence-corrected chi connectivity index (χ1v) is 7.55. The summed E-state index contributed by atoms with van der Waals surface area (Å²) in [6.07, 6.45) is 4.13. The van der Waals surface area contributed by atoms with Crippen molar-refractivity contribution in [3.63, 3.8) is 0 Å². The molecule has 2 aliphatic heterocycles. The Morgan fingerprint density at radius 1 is 0.826 bits per heavy atom. The van der Waals surface area contributed by atoms with E-state index in [1.54, 1.807) is 0 Å². The van der Waals surface area contributed by atoms with Gasteiger partial charge in [-0.25, -0.2) is 0 Å². The standard InChI is InChI=1S/2C8H13BO.CH4.2Y/c2*1-4-7-5(2)6(3)8(9)10-7;;;/h2*5-6,8H,3-4H2,1-2H3;1H4;;/q2*-2;;;/t5?,6?,8-;5-,6?,8+;;;/m10.../s1. The fourth-order valence-corrected chi connectivity index (χ4v) is 2.60. The van der Waals surface area contributed by atoms with Crippen LogP contribution in [0.5, 0.6) is 0 Å². The van der Waals surface area contributed by atoms with Gasteiger partial charge in [-0.05, 0) is 12.0 Å². The van der Waals surface area contributed by atoms with Gasteiger partial charge in [-0.3, -0.25) is 0 Å². The predicted molar refractivity (Wildman–Crippen MR) is 91.1 cm³/mol. The molecule has 23 heavy (non-hydrogen) atoms. The van der Waals surface area contributed by atoms with Gasteiger partial charge >= 0.3 is 0 Å². The summed E-state index contributed by atoms with van der Waals surface area (Å²) in [6, 6.07) is -0.352. The summed E-state index contributed by atoms with van der Waals surface area (Å²) in [5.74, 6) is 1.32. The normalized spacial score (nSPS) is 37.0. The van der Waals surface area contributed by atoms with Gasteiger partial charge in [0.05, 0.1) is 0 Å². The average Bonchev–Trinajstić information content (AvgIpc) is 2.84. The van der Waals surface area contributed by atoms with Gasteiger partial charge in [0.25, 0.3) is 0 Å². The molecule has 0 aliphatic carbocycles. The van der Waals surface area contributed by atoms with Crippen LogP contribution in [0.3, 0.4) is 0 Å². The van der Waals surface area contributed by atoms with Crippen molar-refractivity contribution >= 4 is 15.7 Å². The van der Waals surface area contributed by atoms with Crippen LogP contribution in [-0.4, -0.2) is 27.7 Å². The van der Waals surface area contributed by atoms with E-state index in [0.29, 0.717) is 11.8 Å². The topological polar surface area (TPSA) is 18.5 Å². The number of hydrogen-bond donors (Lipinski definition) is 0. The smallest absolute Gasteiger partial charge is 0.101 e. The first kappa shape index (κ1) is 30.0. The van der Waals surface area contributed by atoms with Crippen LogP contribution in [0.4, 0.5) is 0 Å². The van der Waals surface area contributed by atoms with E-state index < -0.39 is 0 Å². The van der Waals surface area contributed by atoms with Gasteiger partial charge in [-0.1, -0.05) is 35.1 Å². The molecule has 2 heterocycles. The third-order valence-corrected chi connectivity index (χ3v) is 4.42. The molecule has 0 N–H and O–H groups in total. The van der Waals surface area contributed by atoms with Crippen LogP contribution >= 0.6 is 0 Å². The largest absolute Gasteiger partial charge is 0.555 e. The van der Waals surface area contributed by atoms with Crippen molar-refractivity contribution in [2.24, 2.45) is 23.7 Å². The summed E-state index contributed by atoms with van der Waals surface area (Å²) >= 11 is 0. The molecule has 2 rings (SSSR count). The minimum absolute atomic E-state index is 0. The molecule has 0 saturated carbocycles. The van der Waals surface area contributed by atoms with E-state index >= 15 is 0 Å². The quantitative estimate of drug-likeness (QED) is 0.457. The van der Waals surface area contributed by atoms with Crippen LogP contribution in [0.1, 0.15) is 48.0 Å². The molecule has 2 saturated heterocycles. The van der Waals surface area contributed by atoms with Crippen molar-refractivity contribution in [1.82, 2.24) is 0 Å². The zero-order valence-electron chi connectivity index (χ0n) is 14.4. The maximum atomic E-state index is 5.63. The average molecular weight is 466 g/mol. The summed E-state index contributed by atoms with van der Waals surface area (Å²) in [5.41, 5.74) is 0. The Morgan fingerprint density at radius 2 is 1.09 bits per heavy atom. The fourth-order valence-electron chi connectivity index (χ4n) is 2.60. The zero-order chi connectivity index (χ0) is 15.4. The molecular formula is C17H30B2O2Y2-4. The van der Waals surface area contributed by atoms with E-state index in [1.807, 2.05) is 0 Å². The monoisotopic (exact) mass is 466 g/mol. The van der Waals surface area contributed by atoms with Crippen molar-refractivity contribution in [3.8, 4) is 0 Å². The molecule has 126 valence electrons. The Kier molecular flexibility index (Phi) is 18.7. The maximum absolute atomic E-state index is 5.63. The van der Waals surface area contributed by atoms with Crippen molar-refractivity contribution in [2.75, 3.05) is 0 Å². The SMILES string of the molecule is C.[B][C@@H]1O[C-](CC)C(C)C1[CH2-].[B][C@@H]1O[C-](CC)[C@@H](C)C1[CH2-].[Y].[Y]. The van der Waals surface area contributed by atoms with Gasteiger partial charge in [0, 0.05) is 65.4 Å². The Bertz CT molecular complexity index is 270. The second-order valence-electron chi connectivity index (χ2n) is 5.71. The number of rotatable bonds is 2. The van der Waals surface area contributed by atoms with Gasteiger partial charge in [0.2, 0.25) is 0 Å². The van der Waals surface area contributed by atoms with Crippen LogP contribution in [-0.2, 0) is 74.9 Å². The Labute approximate surface area is 198 Å². The molecular weight excluding hydrogens is 436 g/mol. The second-order valence-corrected chi connectivity index (χ2v) is 5.71. The molecule has 6 atom stereocenters. The van der Waals surface area contributed by atoms with Crippen LogP contribution in [0.2, 0.25) is 0 Å². The first-order chi connectivity index (χ1) is 9.33. The molecule has 0 spiro atoms. The van der Waals surface area contributed by atoms with Crippen molar-refractivity contribution < 1.29 is 74.9 Å². The molecule has 6 heteroatoms. The molecule has 0 bridgehead atoms. The van der Waals surface area contributed by atoms with Crippen molar-refractivity contribution in [2.45, 2.75) is 60.0 Å². The first-order valence-electron chi connectivity index (χ1n) is 7.55. The minimum Gasteiger partial charge on any atom is -0.555 e. The summed E-state index contributed by atoms with van der Waals surface area (Å²) in [7, 11) is 11.3. The molecule has 2 aliphatic rings. The Morgan fingerprint density at radius 3 is 1.17 bits per heavy atom. The van der Waals surface area contributed by atoms with E-state index in [1.165, 1.54) is 0 Å². The third kappa shape index (κ3) is 8.21. The molecule has 0 aromatic heterocycles. The van der Waals surface area contributed by atoms with Gasteiger partial charge in [0.15, 0.2) is 0 Å². The van der Waals surface area contributed by atoms with E-state index in [2.05, 4.69) is 41.5 Å². The van der Waals surface area contributed by atoms with Crippen LogP contribution in [0.25, 0.3) is 0 Å². The van der Waals surface area contributed by atoms with Crippen LogP contribution < -0.4 is 0 Å². The second kappa shape index (κ2) is 14.3. The fraction of sp³-hybridized carbons (Fsp3) is 0.765. The Hall–Kier alpha value is 2.26. The van der Waals surface area contributed by atoms with E-state index in [0.717, 1.165) is 25.0 Å². The summed E-state index contributed by atoms with van der Waals surface area (Å²) in [5, 5.41) is 0. The zero-order valence-corrected chi connectivity index (χ0v) is 20.1. The molecule has 0 aromatic carbocycles. The summed E-state index contributed by atoms with van der Waals surface area (Å²) in [6.45, 7) is 16.2. The van der Waals surface area contributed by atoms with E-state index in [-0.39, 0.29) is 96.7 Å². The predicted octanol–water partition coefficient (Wildman–Crippen LogP) is 3.71. The molecule has 6 radical (unpaired) electrons. The minimum atomic E-state index is -0.176. The van der Waals surface area contributed by atoms with Gasteiger partial charge in [0.1, 0.15) is 15.7 Å². The van der Waals surface area contributed by atoms with Crippen LogP contribution in [0.15, 0.2) is 0 Å². The van der Waals surface area contributed by atoms with Crippen molar-refractivity contribution in [3.05, 3.63) is 26.1 Å². The van der Waals surface area contributed by atoms with Gasteiger partial charge in [-0.15, -0.1) is 0 Å². The third-order valence-electron chi connectivity index (χ3n) is 4.42. The summed E-state index contributed by atoms with van der Waals surface area (Å²) < 4.78 is 10.7. The van der Waals surface area contributed by atoms with Gasteiger partial charge < -0.3 is 23.3 Å². The number of hydrogen-bond acceptors (Lipinski definition) is 2. The van der Waals surface area contributed by atoms with E-state index in [4.69, 9.17) is 25.2 Å². The van der Waals surface area contributed by atoms with Crippen molar-refractivity contribution in [1.29, 1.82) is 0 Å². The molecule has 2 nitrogen and oxygen atoms in total. The van der Waals surface area contributed by atoms with Gasteiger partial charge in [-0.2, -0.15) is 48.7 Å².